The first-order valence-electron chi connectivity index (χ1n) is 8.65. The molecule has 0 aliphatic rings. The summed E-state index contributed by atoms with van der Waals surface area (Å²) in [5, 5.41) is 20.5. The highest BCUT2D eigenvalue weighted by Crippen LogP contribution is 2.18. The van der Waals surface area contributed by atoms with Crippen LogP contribution in [0.3, 0.4) is 0 Å². The van der Waals surface area contributed by atoms with Crippen LogP contribution < -0.4 is 4.90 Å². The average molecular weight is 359 g/mol. The zero-order valence-corrected chi connectivity index (χ0v) is 15.9. The first kappa shape index (κ1) is 21.8. The number of nitrogens with zero attached hydrogens (tertiary/aromatic N) is 1. The van der Waals surface area contributed by atoms with Crippen molar-refractivity contribution in [2.75, 3.05) is 18.0 Å². The highest BCUT2D eigenvalue weighted by molar-refractivity contribution is 5.94. The number of carbonyl (C=O) groups is 2. The van der Waals surface area contributed by atoms with E-state index in [4.69, 9.17) is 0 Å². The van der Waals surface area contributed by atoms with Crippen LogP contribution in [0.4, 0.5) is 5.69 Å². The first-order chi connectivity index (χ1) is 12.1. The van der Waals surface area contributed by atoms with Crippen LogP contribution in [0.15, 0.2) is 48.6 Å². The lowest BCUT2D eigenvalue weighted by molar-refractivity contribution is -0.117. The number of aliphatic hydroxyl groups excluding tert-OH is 2. The van der Waals surface area contributed by atoms with E-state index in [1.54, 1.807) is 18.7 Å². The van der Waals surface area contributed by atoms with Gasteiger partial charge < -0.3 is 15.1 Å². The van der Waals surface area contributed by atoms with Gasteiger partial charge in [0.05, 0.1) is 12.2 Å². The highest BCUT2D eigenvalue weighted by atomic mass is 16.3. The highest BCUT2D eigenvalue weighted by Gasteiger charge is 2.20. The van der Waals surface area contributed by atoms with Crippen LogP contribution in [-0.4, -0.2) is 47.1 Å². The van der Waals surface area contributed by atoms with Crippen LogP contribution in [0, 0.1) is 6.92 Å². The summed E-state index contributed by atoms with van der Waals surface area (Å²) < 4.78 is 0. The fourth-order valence-corrected chi connectivity index (χ4v) is 2.46. The number of ketones is 2. The van der Waals surface area contributed by atoms with Crippen LogP contribution >= 0.6 is 0 Å². The standard InChI is InChI=1S/C21H29NO4/c1-14(2)20(25)10-18(23)12-22(17-8-6-16(5)7-9-17)13-19(24)11-21(26)15(3)4/h6-9,18-19,23-24H,1,3,10-13H2,2,4-5H3. The molecule has 1 aromatic carbocycles. The maximum Gasteiger partial charge on any atom is 0.160 e. The summed E-state index contributed by atoms with van der Waals surface area (Å²) in [5.74, 6) is -0.390. The molecule has 2 N–H and O–H groups in total. The molecule has 2 atom stereocenters. The van der Waals surface area contributed by atoms with Crippen LogP contribution in [0.1, 0.15) is 32.3 Å². The lowest BCUT2D eigenvalue weighted by Crippen LogP contribution is -2.39. The zero-order valence-electron chi connectivity index (χ0n) is 15.9. The zero-order chi connectivity index (χ0) is 19.9. The normalized spacial score (nSPS) is 13.0. The molecule has 0 saturated heterocycles. The van der Waals surface area contributed by atoms with Crippen molar-refractivity contribution in [2.24, 2.45) is 0 Å². The fraction of sp³-hybridized carbons (Fsp3) is 0.429. The minimum atomic E-state index is -0.899. The summed E-state index contributed by atoms with van der Waals surface area (Å²) in [6.07, 6.45) is -1.86. The lowest BCUT2D eigenvalue weighted by Gasteiger charge is -2.29. The van der Waals surface area contributed by atoms with Gasteiger partial charge in [-0.05, 0) is 44.1 Å². The van der Waals surface area contributed by atoms with E-state index in [0.29, 0.717) is 11.1 Å². The van der Waals surface area contributed by atoms with Crippen molar-refractivity contribution in [3.05, 3.63) is 54.1 Å². The van der Waals surface area contributed by atoms with E-state index in [9.17, 15) is 19.8 Å². The Bertz CT molecular complexity index is 627. The molecule has 1 rings (SSSR count). The number of aliphatic hydroxyl groups is 2. The van der Waals surface area contributed by atoms with Gasteiger partial charge in [-0.25, -0.2) is 0 Å². The van der Waals surface area contributed by atoms with E-state index >= 15 is 0 Å². The number of Topliss-reactive ketones (excluding diaryl/α,β-unsaturated/α-hetero) is 2. The maximum atomic E-state index is 11.8. The van der Waals surface area contributed by atoms with Crippen molar-refractivity contribution in [3.8, 4) is 0 Å². The van der Waals surface area contributed by atoms with E-state index in [1.165, 1.54) is 0 Å². The van der Waals surface area contributed by atoms with Crippen molar-refractivity contribution in [2.45, 2.75) is 45.8 Å². The largest absolute Gasteiger partial charge is 0.391 e. The molecule has 0 aliphatic carbocycles. The van der Waals surface area contributed by atoms with Gasteiger partial charge in [-0.2, -0.15) is 0 Å². The Morgan fingerprint density at radius 1 is 0.923 bits per heavy atom. The third-order valence-electron chi connectivity index (χ3n) is 4.06. The molecule has 1 aromatic rings. The maximum absolute atomic E-state index is 11.8. The second kappa shape index (κ2) is 10.0. The fourth-order valence-electron chi connectivity index (χ4n) is 2.46. The van der Waals surface area contributed by atoms with Crippen LogP contribution in [0.2, 0.25) is 0 Å². The van der Waals surface area contributed by atoms with E-state index < -0.39 is 12.2 Å². The van der Waals surface area contributed by atoms with E-state index in [1.807, 2.05) is 31.2 Å². The summed E-state index contributed by atoms with van der Waals surface area (Å²) in [5.41, 5.74) is 2.69. The molecule has 26 heavy (non-hydrogen) atoms. The number of hydrogen-bond donors (Lipinski definition) is 2. The topological polar surface area (TPSA) is 77.8 Å². The van der Waals surface area contributed by atoms with E-state index in [-0.39, 0.29) is 37.5 Å². The van der Waals surface area contributed by atoms with Crippen LogP contribution in [0.25, 0.3) is 0 Å². The Hall–Kier alpha value is -2.24. The Balaban J connectivity index is 2.86. The second-order valence-corrected chi connectivity index (χ2v) is 6.86. The summed E-state index contributed by atoms with van der Waals surface area (Å²) in [7, 11) is 0. The number of rotatable bonds is 11. The summed E-state index contributed by atoms with van der Waals surface area (Å²) >= 11 is 0. The van der Waals surface area contributed by atoms with Gasteiger partial charge >= 0.3 is 0 Å². The first-order valence-corrected chi connectivity index (χ1v) is 8.65. The summed E-state index contributed by atoms with van der Waals surface area (Å²) in [4.78, 5) is 25.3. The smallest absolute Gasteiger partial charge is 0.160 e. The summed E-state index contributed by atoms with van der Waals surface area (Å²) in [6.45, 7) is 12.7. The molecule has 2 unspecified atom stereocenters. The number of hydrogen-bond acceptors (Lipinski definition) is 5. The molecule has 142 valence electrons. The Morgan fingerprint density at radius 2 is 1.31 bits per heavy atom. The van der Waals surface area contributed by atoms with Gasteiger partial charge in [0.15, 0.2) is 11.6 Å². The number of aryl methyl sites for hydroxylation is 1. The molecule has 0 fully saturated rings. The van der Waals surface area contributed by atoms with Gasteiger partial charge in [0, 0.05) is 31.6 Å². The molecule has 0 heterocycles. The number of anilines is 1. The van der Waals surface area contributed by atoms with Crippen molar-refractivity contribution in [1.29, 1.82) is 0 Å². The molecule has 0 amide bonds. The molecule has 0 spiro atoms. The third-order valence-corrected chi connectivity index (χ3v) is 4.06. The quantitative estimate of drug-likeness (QED) is 0.594. The molecular weight excluding hydrogens is 330 g/mol. The van der Waals surface area contributed by atoms with Crippen molar-refractivity contribution < 1.29 is 19.8 Å². The van der Waals surface area contributed by atoms with Crippen molar-refractivity contribution in [1.82, 2.24) is 0 Å². The van der Waals surface area contributed by atoms with Gasteiger partial charge in [-0.15, -0.1) is 0 Å². The predicted octanol–water partition coefficient (Wildman–Crippen LogP) is 2.59. The van der Waals surface area contributed by atoms with Crippen molar-refractivity contribution >= 4 is 17.3 Å². The Labute approximate surface area is 155 Å². The molecular formula is C21H29NO4. The molecule has 0 radical (unpaired) electrons. The number of allylic oxidation sites excluding steroid dienone is 2. The molecule has 5 nitrogen and oxygen atoms in total. The third kappa shape index (κ3) is 7.33. The average Bonchev–Trinajstić information content (AvgIpc) is 2.54. The van der Waals surface area contributed by atoms with Crippen molar-refractivity contribution in [3.63, 3.8) is 0 Å². The monoisotopic (exact) mass is 359 g/mol. The Morgan fingerprint density at radius 3 is 1.65 bits per heavy atom. The molecule has 0 aliphatic heterocycles. The van der Waals surface area contributed by atoms with Gasteiger partial charge in [0.1, 0.15) is 0 Å². The number of benzene rings is 1. The molecule has 5 heteroatoms. The minimum absolute atomic E-state index is 0.0293. The van der Waals surface area contributed by atoms with Gasteiger partial charge in [0.25, 0.3) is 0 Å². The SMILES string of the molecule is C=C(C)C(=O)CC(O)CN(CC(O)CC(=O)C(=C)C)c1ccc(C)cc1. The molecule has 0 aromatic heterocycles. The summed E-state index contributed by atoms with van der Waals surface area (Å²) in [6, 6.07) is 7.63. The van der Waals surface area contributed by atoms with Gasteiger partial charge in [-0.1, -0.05) is 30.9 Å². The number of carbonyl (C=O) groups excluding carboxylic acids is 2. The van der Waals surface area contributed by atoms with Gasteiger partial charge in [0.2, 0.25) is 0 Å². The molecule has 0 bridgehead atoms. The van der Waals surface area contributed by atoms with E-state index in [0.717, 1.165) is 11.3 Å². The second-order valence-electron chi connectivity index (χ2n) is 6.86. The van der Waals surface area contributed by atoms with E-state index in [2.05, 4.69) is 13.2 Å². The molecule has 0 saturated carbocycles. The van der Waals surface area contributed by atoms with Crippen LogP contribution in [-0.2, 0) is 9.59 Å². The minimum Gasteiger partial charge on any atom is -0.391 e. The lowest BCUT2D eigenvalue weighted by atomic mass is 10.1. The Kier molecular flexibility index (Phi) is 8.42. The van der Waals surface area contributed by atoms with Crippen LogP contribution in [0.5, 0.6) is 0 Å². The predicted molar refractivity (Wildman–Crippen MR) is 104 cm³/mol. The van der Waals surface area contributed by atoms with Gasteiger partial charge in [-0.3, -0.25) is 9.59 Å².